The zero-order valence-electron chi connectivity index (χ0n) is 22.5. The van der Waals surface area contributed by atoms with Crippen LogP contribution in [-0.2, 0) is 11.3 Å². The van der Waals surface area contributed by atoms with Gasteiger partial charge in [0.05, 0.1) is 22.4 Å². The first-order chi connectivity index (χ1) is 19.2. The zero-order chi connectivity index (χ0) is 28.8. The van der Waals surface area contributed by atoms with Crippen LogP contribution in [0.1, 0.15) is 48.6 Å². The molecule has 2 heterocycles. The number of carbonyl (C=O) groups excluding carboxylic acids is 2. The van der Waals surface area contributed by atoms with E-state index in [4.69, 9.17) is 0 Å². The maximum Gasteiger partial charge on any atom is 0.270 e. The number of thioether (sulfide) groups is 1. The van der Waals surface area contributed by atoms with Crippen molar-refractivity contribution in [3.63, 3.8) is 0 Å². The first-order valence-electron chi connectivity index (χ1n) is 12.6. The molecule has 2 amide bonds. The van der Waals surface area contributed by atoms with E-state index >= 15 is 0 Å². The molecule has 0 bridgehead atoms. The molecule has 0 radical (unpaired) electrons. The summed E-state index contributed by atoms with van der Waals surface area (Å²) in [5.74, 6) is -0.0755. The summed E-state index contributed by atoms with van der Waals surface area (Å²) in [6.45, 7) is 8.35. The number of aryl methyl sites for hydroxylation is 1. The highest BCUT2D eigenvalue weighted by atomic mass is 32.2. The second-order valence-electron chi connectivity index (χ2n) is 9.33. The summed E-state index contributed by atoms with van der Waals surface area (Å²) in [5, 5.41) is 28.5. The topological polar surface area (TPSA) is 145 Å². The van der Waals surface area contributed by atoms with Gasteiger partial charge in [-0.15, -0.1) is 21.5 Å². The minimum Gasteiger partial charge on any atom is -0.342 e. The molecule has 2 aromatic heterocycles. The predicted molar refractivity (Wildman–Crippen MR) is 155 cm³/mol. The minimum atomic E-state index is -0.540. The number of non-ortho nitro benzene ring substituents is 1. The standard InChI is InChI=1S/C27H29N7O4S2/c1-5-33-24(23(16(2)3)30-25(36)19-7-6-8-20(13-19)34(37)38)31-32-27(33)40-15-22(35)29-26-28-21(14-39-26)18-11-9-17(4)10-12-18/h6-14,16,23H,5,15H2,1-4H3,(H,30,36)(H,28,29,35). The van der Waals surface area contributed by atoms with Crippen molar-refractivity contribution in [3.8, 4) is 11.3 Å². The normalized spacial score (nSPS) is 11.8. The maximum atomic E-state index is 13.0. The van der Waals surface area contributed by atoms with Gasteiger partial charge < -0.3 is 15.2 Å². The van der Waals surface area contributed by atoms with Gasteiger partial charge in [-0.05, 0) is 25.8 Å². The van der Waals surface area contributed by atoms with Crippen molar-refractivity contribution in [2.24, 2.45) is 5.92 Å². The second kappa shape index (κ2) is 12.8. The van der Waals surface area contributed by atoms with Gasteiger partial charge in [-0.25, -0.2) is 4.98 Å². The van der Waals surface area contributed by atoms with Gasteiger partial charge in [0.1, 0.15) is 0 Å². The number of rotatable bonds is 11. The fourth-order valence-corrected chi connectivity index (χ4v) is 5.47. The monoisotopic (exact) mass is 579 g/mol. The van der Waals surface area contributed by atoms with Crippen molar-refractivity contribution >= 4 is 45.7 Å². The fourth-order valence-electron chi connectivity index (χ4n) is 3.92. The Balaban J connectivity index is 1.41. The highest BCUT2D eigenvalue weighted by Gasteiger charge is 2.27. The highest BCUT2D eigenvalue weighted by Crippen LogP contribution is 2.28. The van der Waals surface area contributed by atoms with Crippen LogP contribution in [0, 0.1) is 23.0 Å². The van der Waals surface area contributed by atoms with Gasteiger partial charge in [-0.2, -0.15) is 0 Å². The molecule has 4 rings (SSSR count). The Morgan fingerprint density at radius 1 is 1.15 bits per heavy atom. The van der Waals surface area contributed by atoms with Gasteiger partial charge >= 0.3 is 0 Å². The Bertz CT molecular complexity index is 1520. The first kappa shape index (κ1) is 28.9. The third kappa shape index (κ3) is 6.90. The first-order valence-corrected chi connectivity index (χ1v) is 14.5. The van der Waals surface area contributed by atoms with Crippen LogP contribution in [0.3, 0.4) is 0 Å². The Morgan fingerprint density at radius 3 is 2.58 bits per heavy atom. The summed E-state index contributed by atoms with van der Waals surface area (Å²) in [7, 11) is 0. The third-order valence-electron chi connectivity index (χ3n) is 6.04. The smallest absolute Gasteiger partial charge is 0.270 e. The molecule has 0 saturated carbocycles. The Hall–Kier alpha value is -4.10. The number of benzene rings is 2. The molecular weight excluding hydrogens is 550 g/mol. The maximum absolute atomic E-state index is 13.0. The lowest BCUT2D eigenvalue weighted by Gasteiger charge is -2.22. The van der Waals surface area contributed by atoms with E-state index in [2.05, 4.69) is 25.8 Å². The summed E-state index contributed by atoms with van der Waals surface area (Å²) in [5.41, 5.74) is 2.97. The SMILES string of the molecule is CCn1c(SCC(=O)Nc2nc(-c3ccc(C)cc3)cs2)nnc1C(NC(=O)c1cccc([N+](=O)[O-])c1)C(C)C. The average molecular weight is 580 g/mol. The van der Waals surface area contributed by atoms with Crippen LogP contribution in [0.5, 0.6) is 0 Å². The Kier molecular flexibility index (Phi) is 9.27. The average Bonchev–Trinajstić information content (AvgIpc) is 3.57. The highest BCUT2D eigenvalue weighted by molar-refractivity contribution is 7.99. The number of carbonyl (C=O) groups is 2. The van der Waals surface area contributed by atoms with E-state index in [0.29, 0.717) is 22.7 Å². The summed E-state index contributed by atoms with van der Waals surface area (Å²) < 4.78 is 1.86. The number of nitro benzene ring substituents is 1. The number of hydrogen-bond donors (Lipinski definition) is 2. The molecule has 2 N–H and O–H groups in total. The van der Waals surface area contributed by atoms with Crippen molar-refractivity contribution in [3.05, 3.63) is 81.0 Å². The van der Waals surface area contributed by atoms with Crippen molar-refractivity contribution in [2.75, 3.05) is 11.1 Å². The molecule has 0 saturated heterocycles. The van der Waals surface area contributed by atoms with Crippen molar-refractivity contribution in [2.45, 2.75) is 45.4 Å². The molecule has 2 aromatic carbocycles. The molecule has 40 heavy (non-hydrogen) atoms. The van der Waals surface area contributed by atoms with E-state index in [0.717, 1.165) is 16.8 Å². The molecule has 0 spiro atoms. The van der Waals surface area contributed by atoms with E-state index in [9.17, 15) is 19.7 Å². The molecule has 0 fully saturated rings. The van der Waals surface area contributed by atoms with E-state index in [1.54, 1.807) is 0 Å². The van der Waals surface area contributed by atoms with Crippen LogP contribution in [0.4, 0.5) is 10.8 Å². The molecular formula is C27H29N7O4S2. The number of nitro groups is 1. The minimum absolute atomic E-state index is 0.0501. The van der Waals surface area contributed by atoms with Gasteiger partial charge in [0.2, 0.25) is 5.91 Å². The van der Waals surface area contributed by atoms with Gasteiger partial charge in [0.25, 0.3) is 11.6 Å². The number of anilines is 1. The molecule has 0 aliphatic carbocycles. The number of aromatic nitrogens is 4. The van der Waals surface area contributed by atoms with Crippen LogP contribution in [0.25, 0.3) is 11.3 Å². The van der Waals surface area contributed by atoms with Crippen LogP contribution in [0.2, 0.25) is 0 Å². The van der Waals surface area contributed by atoms with Crippen molar-refractivity contribution in [1.29, 1.82) is 0 Å². The molecule has 13 heteroatoms. The van der Waals surface area contributed by atoms with Crippen LogP contribution >= 0.6 is 23.1 Å². The summed E-state index contributed by atoms with van der Waals surface area (Å²) >= 11 is 2.60. The lowest BCUT2D eigenvalue weighted by atomic mass is 10.0. The lowest BCUT2D eigenvalue weighted by Crippen LogP contribution is -2.33. The second-order valence-corrected chi connectivity index (χ2v) is 11.1. The number of nitrogens with zero attached hydrogens (tertiary/aromatic N) is 5. The fraction of sp³-hybridized carbons (Fsp3) is 0.296. The Morgan fingerprint density at radius 2 is 1.90 bits per heavy atom. The molecule has 1 atom stereocenters. The van der Waals surface area contributed by atoms with Crippen LogP contribution in [0.15, 0.2) is 59.1 Å². The molecule has 208 valence electrons. The predicted octanol–water partition coefficient (Wildman–Crippen LogP) is 5.50. The number of amides is 2. The number of hydrogen-bond acceptors (Lipinski definition) is 9. The van der Waals surface area contributed by atoms with Crippen molar-refractivity contribution in [1.82, 2.24) is 25.1 Å². The molecule has 0 aliphatic heterocycles. The number of nitrogens with one attached hydrogen (secondary N) is 2. The summed E-state index contributed by atoms with van der Waals surface area (Å²) in [6, 6.07) is 13.1. The van der Waals surface area contributed by atoms with Gasteiger partial charge in [0, 0.05) is 35.2 Å². The van der Waals surface area contributed by atoms with Gasteiger partial charge in [0.15, 0.2) is 16.1 Å². The third-order valence-corrected chi connectivity index (χ3v) is 7.77. The lowest BCUT2D eigenvalue weighted by molar-refractivity contribution is -0.384. The van der Waals surface area contributed by atoms with Crippen LogP contribution < -0.4 is 10.6 Å². The quantitative estimate of drug-likeness (QED) is 0.135. The molecule has 0 aliphatic rings. The van der Waals surface area contributed by atoms with Gasteiger partial charge in [-0.1, -0.05) is 61.5 Å². The van der Waals surface area contributed by atoms with Crippen LogP contribution in [-0.4, -0.2) is 42.2 Å². The van der Waals surface area contributed by atoms with E-state index in [-0.39, 0.29) is 28.8 Å². The van der Waals surface area contributed by atoms with Gasteiger partial charge in [-0.3, -0.25) is 19.7 Å². The number of thiazole rings is 1. The Labute approximate surface area is 239 Å². The largest absolute Gasteiger partial charge is 0.342 e. The summed E-state index contributed by atoms with van der Waals surface area (Å²) in [6.07, 6.45) is 0. The zero-order valence-corrected chi connectivity index (χ0v) is 24.1. The molecule has 1 unspecified atom stereocenters. The summed E-state index contributed by atoms with van der Waals surface area (Å²) in [4.78, 5) is 40.7. The van der Waals surface area contributed by atoms with E-state index in [1.807, 2.05) is 61.9 Å². The van der Waals surface area contributed by atoms with E-state index in [1.165, 1.54) is 47.4 Å². The molecule has 11 nitrogen and oxygen atoms in total. The van der Waals surface area contributed by atoms with E-state index < -0.39 is 16.9 Å². The molecule has 4 aromatic rings. The van der Waals surface area contributed by atoms with Crippen molar-refractivity contribution < 1.29 is 14.5 Å².